The number of rotatable bonds is 8. The van der Waals surface area contributed by atoms with Gasteiger partial charge >= 0.3 is 12.1 Å². The highest BCUT2D eigenvalue weighted by Crippen LogP contribution is 2.26. The zero-order valence-corrected chi connectivity index (χ0v) is 18.4. The van der Waals surface area contributed by atoms with E-state index in [1.807, 2.05) is 56.3 Å². The van der Waals surface area contributed by atoms with E-state index in [1.54, 1.807) is 29.8 Å². The molecule has 0 saturated heterocycles. The fourth-order valence-electron chi connectivity index (χ4n) is 2.84. The zero-order valence-electron chi connectivity index (χ0n) is 18.4. The summed E-state index contributed by atoms with van der Waals surface area (Å²) in [5.74, 6) is -0.258. The maximum absolute atomic E-state index is 12.8. The summed E-state index contributed by atoms with van der Waals surface area (Å²) in [4.78, 5) is 26.3. The van der Waals surface area contributed by atoms with E-state index in [4.69, 9.17) is 18.9 Å². The predicted octanol–water partition coefficient (Wildman–Crippen LogP) is 3.98. The van der Waals surface area contributed by atoms with E-state index in [0.717, 1.165) is 17.1 Å². The van der Waals surface area contributed by atoms with Gasteiger partial charge in [-0.05, 0) is 44.2 Å². The number of carbonyl (C=O) groups is 2. The number of esters is 1. The average Bonchev–Trinajstić information content (AvgIpc) is 3.15. The van der Waals surface area contributed by atoms with Crippen molar-refractivity contribution in [2.75, 3.05) is 32.4 Å². The minimum atomic E-state index is -0.905. The highest BCUT2D eigenvalue weighted by molar-refractivity contribution is 5.94. The Hall–Kier alpha value is -4.01. The second kappa shape index (κ2) is 10.3. The summed E-state index contributed by atoms with van der Waals surface area (Å²) in [6.45, 7) is 3.29. The summed E-state index contributed by atoms with van der Waals surface area (Å²) < 4.78 is 22.5. The molecule has 32 heavy (non-hydrogen) atoms. The summed E-state index contributed by atoms with van der Waals surface area (Å²) in [6, 6.07) is 16.0. The number of para-hydroxylation sites is 1. The summed E-state index contributed by atoms with van der Waals surface area (Å²) in [5.41, 5.74) is 2.36. The fraction of sp³-hybridized carbons (Fsp3) is 0.261. The molecule has 0 amide bonds. The Kier molecular flexibility index (Phi) is 7.33. The maximum Gasteiger partial charge on any atom is 0.513 e. The molecule has 168 valence electrons. The van der Waals surface area contributed by atoms with Gasteiger partial charge in [0.1, 0.15) is 11.3 Å². The highest BCUT2D eigenvalue weighted by atomic mass is 16.7. The molecule has 0 unspecified atom stereocenters. The van der Waals surface area contributed by atoms with Gasteiger partial charge in [0.15, 0.2) is 0 Å². The molecule has 0 N–H and O–H groups in total. The van der Waals surface area contributed by atoms with E-state index < -0.39 is 12.1 Å². The van der Waals surface area contributed by atoms with Gasteiger partial charge in [0.2, 0.25) is 12.7 Å². The number of ether oxygens (including phenoxy) is 4. The Morgan fingerprint density at radius 1 is 1.03 bits per heavy atom. The largest absolute Gasteiger partial charge is 0.513 e. The van der Waals surface area contributed by atoms with Gasteiger partial charge in [-0.15, -0.1) is 0 Å². The van der Waals surface area contributed by atoms with Crippen LogP contribution in [0.25, 0.3) is 5.69 Å². The van der Waals surface area contributed by atoms with Crippen LogP contribution in [0, 0.1) is 6.92 Å². The quantitative estimate of drug-likeness (QED) is 0.296. The van der Waals surface area contributed by atoms with Crippen LogP contribution >= 0.6 is 0 Å². The number of hydrogen-bond acceptors (Lipinski definition) is 8. The van der Waals surface area contributed by atoms with E-state index in [9.17, 15) is 9.59 Å². The normalized spacial score (nSPS) is 10.4. The van der Waals surface area contributed by atoms with E-state index in [1.165, 1.54) is 6.07 Å². The molecule has 0 fully saturated rings. The van der Waals surface area contributed by atoms with Gasteiger partial charge in [-0.2, -0.15) is 5.10 Å². The Bertz CT molecular complexity index is 1080. The topological polar surface area (TPSA) is 92.1 Å². The summed E-state index contributed by atoms with van der Waals surface area (Å²) in [7, 11) is 3.65. The SMILES string of the molecule is CCOC(=O)Oc1ccc(N(C)C)cc1C(=O)OCOc1cc(C)nn1-c1ccccc1. The molecule has 2 aromatic carbocycles. The summed E-state index contributed by atoms with van der Waals surface area (Å²) in [6.07, 6.45) is -0.905. The first-order valence-corrected chi connectivity index (χ1v) is 9.97. The lowest BCUT2D eigenvalue weighted by atomic mass is 10.1. The predicted molar refractivity (Wildman–Crippen MR) is 118 cm³/mol. The van der Waals surface area contributed by atoms with E-state index in [2.05, 4.69) is 5.10 Å². The van der Waals surface area contributed by atoms with Gasteiger partial charge in [0.05, 0.1) is 18.0 Å². The molecule has 3 aromatic rings. The average molecular weight is 439 g/mol. The van der Waals surface area contributed by atoms with Crippen LogP contribution in [0.4, 0.5) is 10.5 Å². The molecular weight excluding hydrogens is 414 g/mol. The molecule has 1 aromatic heterocycles. The van der Waals surface area contributed by atoms with Crippen LogP contribution in [0.15, 0.2) is 54.6 Å². The van der Waals surface area contributed by atoms with Gasteiger partial charge in [-0.3, -0.25) is 0 Å². The lowest BCUT2D eigenvalue weighted by Gasteiger charge is -2.16. The first kappa shape index (κ1) is 22.7. The highest BCUT2D eigenvalue weighted by Gasteiger charge is 2.19. The first-order valence-electron chi connectivity index (χ1n) is 9.97. The van der Waals surface area contributed by atoms with Crippen LogP contribution in [0.5, 0.6) is 11.6 Å². The summed E-state index contributed by atoms with van der Waals surface area (Å²) >= 11 is 0. The van der Waals surface area contributed by atoms with Crippen molar-refractivity contribution in [2.24, 2.45) is 0 Å². The summed E-state index contributed by atoms with van der Waals surface area (Å²) in [5, 5.41) is 4.41. The van der Waals surface area contributed by atoms with Gasteiger partial charge in [0.25, 0.3) is 0 Å². The van der Waals surface area contributed by atoms with E-state index in [0.29, 0.717) is 5.88 Å². The van der Waals surface area contributed by atoms with Crippen LogP contribution in [-0.2, 0) is 9.47 Å². The zero-order chi connectivity index (χ0) is 23.1. The van der Waals surface area contributed by atoms with E-state index >= 15 is 0 Å². The van der Waals surface area contributed by atoms with Crippen LogP contribution in [0.1, 0.15) is 23.0 Å². The van der Waals surface area contributed by atoms with Crippen molar-refractivity contribution in [3.63, 3.8) is 0 Å². The molecule has 0 bridgehead atoms. The van der Waals surface area contributed by atoms with Crippen molar-refractivity contribution in [1.82, 2.24) is 9.78 Å². The third-order valence-corrected chi connectivity index (χ3v) is 4.35. The molecule has 0 aliphatic rings. The Balaban J connectivity index is 1.74. The standard InChI is InChI=1S/C23H25N3O6/c1-5-29-23(28)32-20-12-11-18(25(3)4)14-19(20)22(27)31-15-30-21-13-16(2)24-26(21)17-9-7-6-8-10-17/h6-14H,5,15H2,1-4H3. The third kappa shape index (κ3) is 5.57. The number of aromatic nitrogens is 2. The van der Waals surface area contributed by atoms with Crippen molar-refractivity contribution in [3.05, 3.63) is 65.9 Å². The molecule has 0 aliphatic carbocycles. The molecular formula is C23H25N3O6. The molecule has 9 heteroatoms. The van der Waals surface area contributed by atoms with Crippen LogP contribution in [0.2, 0.25) is 0 Å². The third-order valence-electron chi connectivity index (χ3n) is 4.35. The fourth-order valence-corrected chi connectivity index (χ4v) is 2.84. The van der Waals surface area contributed by atoms with E-state index in [-0.39, 0.29) is 24.7 Å². The van der Waals surface area contributed by atoms with Gasteiger partial charge in [-0.1, -0.05) is 18.2 Å². The minimum absolute atomic E-state index is 0.0317. The molecule has 0 atom stereocenters. The minimum Gasteiger partial charge on any atom is -0.440 e. The van der Waals surface area contributed by atoms with Crippen molar-refractivity contribution in [1.29, 1.82) is 0 Å². The monoisotopic (exact) mass is 439 g/mol. The molecule has 1 heterocycles. The molecule has 0 saturated carbocycles. The van der Waals surface area contributed by atoms with Gasteiger partial charge in [0, 0.05) is 25.8 Å². The molecule has 0 aliphatic heterocycles. The van der Waals surface area contributed by atoms with Crippen molar-refractivity contribution >= 4 is 17.8 Å². The first-order chi connectivity index (χ1) is 15.4. The second-order valence-corrected chi connectivity index (χ2v) is 6.93. The number of benzene rings is 2. The molecule has 0 radical (unpaired) electrons. The molecule has 0 spiro atoms. The van der Waals surface area contributed by atoms with Crippen molar-refractivity contribution in [3.8, 4) is 17.3 Å². The maximum atomic E-state index is 12.8. The lowest BCUT2D eigenvalue weighted by Crippen LogP contribution is -2.17. The van der Waals surface area contributed by atoms with Crippen LogP contribution < -0.4 is 14.4 Å². The number of anilines is 1. The number of nitrogens with zero attached hydrogens (tertiary/aromatic N) is 3. The Morgan fingerprint density at radius 2 is 1.78 bits per heavy atom. The molecule has 3 rings (SSSR count). The van der Waals surface area contributed by atoms with Crippen molar-refractivity contribution in [2.45, 2.75) is 13.8 Å². The van der Waals surface area contributed by atoms with Crippen LogP contribution in [-0.4, -0.2) is 49.4 Å². The number of carbonyl (C=O) groups excluding carboxylic acids is 2. The lowest BCUT2D eigenvalue weighted by molar-refractivity contribution is 0.0131. The smallest absolute Gasteiger partial charge is 0.440 e. The Labute approximate surface area is 186 Å². The molecule has 9 nitrogen and oxygen atoms in total. The van der Waals surface area contributed by atoms with Gasteiger partial charge in [-0.25, -0.2) is 14.3 Å². The van der Waals surface area contributed by atoms with Crippen molar-refractivity contribution < 1.29 is 28.5 Å². The Morgan fingerprint density at radius 3 is 2.47 bits per heavy atom. The second-order valence-electron chi connectivity index (χ2n) is 6.93. The van der Waals surface area contributed by atoms with Gasteiger partial charge < -0.3 is 23.8 Å². The van der Waals surface area contributed by atoms with Crippen LogP contribution in [0.3, 0.4) is 0 Å². The number of aryl methyl sites for hydroxylation is 1. The number of hydrogen-bond donors (Lipinski definition) is 0.